The molecule has 1 aliphatic heterocycles. The molecule has 0 unspecified atom stereocenters. The molecule has 1 saturated heterocycles. The van der Waals surface area contributed by atoms with Crippen molar-refractivity contribution in [3.63, 3.8) is 0 Å². The summed E-state index contributed by atoms with van der Waals surface area (Å²) in [7, 11) is 0. The van der Waals surface area contributed by atoms with Crippen LogP contribution in [0.2, 0.25) is 0 Å². The van der Waals surface area contributed by atoms with Crippen molar-refractivity contribution in [2.45, 2.75) is 32.7 Å². The van der Waals surface area contributed by atoms with Gasteiger partial charge in [-0.05, 0) is 24.1 Å². The Morgan fingerprint density at radius 1 is 1.25 bits per heavy atom. The van der Waals surface area contributed by atoms with Gasteiger partial charge in [0.15, 0.2) is 0 Å². The molecule has 20 heavy (non-hydrogen) atoms. The molecule has 1 aromatic rings. The fourth-order valence-corrected chi connectivity index (χ4v) is 2.54. The standard InChI is InChI=1S/C16H23FN2O/c1-2-3-7-16(20)19-10-8-18(9-11-19)13-14-5-4-6-15(17)12-14/h4-6,12H,2-3,7-11,13H2,1H3. The summed E-state index contributed by atoms with van der Waals surface area (Å²) < 4.78 is 13.1. The van der Waals surface area contributed by atoms with Crippen LogP contribution in [0.4, 0.5) is 4.39 Å². The zero-order valence-corrected chi connectivity index (χ0v) is 12.1. The quantitative estimate of drug-likeness (QED) is 0.826. The average molecular weight is 278 g/mol. The van der Waals surface area contributed by atoms with Gasteiger partial charge in [-0.2, -0.15) is 0 Å². The van der Waals surface area contributed by atoms with Crippen LogP contribution in [0.25, 0.3) is 0 Å². The maximum absolute atomic E-state index is 13.1. The van der Waals surface area contributed by atoms with Crippen LogP contribution in [-0.4, -0.2) is 41.9 Å². The molecule has 0 bridgehead atoms. The predicted octanol–water partition coefficient (Wildman–Crippen LogP) is 2.66. The number of unbranched alkanes of at least 4 members (excludes halogenated alkanes) is 1. The highest BCUT2D eigenvalue weighted by atomic mass is 19.1. The highest BCUT2D eigenvalue weighted by molar-refractivity contribution is 5.76. The van der Waals surface area contributed by atoms with Crippen molar-refractivity contribution >= 4 is 5.91 Å². The Morgan fingerprint density at radius 3 is 2.65 bits per heavy atom. The number of hydrogen-bond acceptors (Lipinski definition) is 2. The second kappa shape index (κ2) is 7.39. The lowest BCUT2D eigenvalue weighted by Gasteiger charge is -2.34. The van der Waals surface area contributed by atoms with Gasteiger partial charge in [0.25, 0.3) is 0 Å². The maximum atomic E-state index is 13.1. The molecule has 0 aromatic heterocycles. The topological polar surface area (TPSA) is 23.6 Å². The Bertz CT molecular complexity index is 442. The number of carbonyl (C=O) groups is 1. The Kier molecular flexibility index (Phi) is 5.53. The van der Waals surface area contributed by atoms with Crippen LogP contribution in [0, 0.1) is 5.82 Å². The van der Waals surface area contributed by atoms with E-state index in [1.165, 1.54) is 6.07 Å². The van der Waals surface area contributed by atoms with Crippen LogP contribution in [0.3, 0.4) is 0 Å². The molecule has 0 spiro atoms. The molecule has 0 N–H and O–H groups in total. The van der Waals surface area contributed by atoms with Crippen LogP contribution < -0.4 is 0 Å². The molecule has 1 aliphatic rings. The number of piperazine rings is 1. The van der Waals surface area contributed by atoms with Crippen LogP contribution in [-0.2, 0) is 11.3 Å². The van der Waals surface area contributed by atoms with E-state index in [0.717, 1.165) is 51.1 Å². The van der Waals surface area contributed by atoms with Crippen LogP contribution in [0.1, 0.15) is 31.7 Å². The molecule has 3 nitrogen and oxygen atoms in total. The van der Waals surface area contributed by atoms with Gasteiger partial charge in [0.1, 0.15) is 5.82 Å². The molecule has 0 radical (unpaired) electrons. The van der Waals surface area contributed by atoms with E-state index in [0.29, 0.717) is 6.42 Å². The lowest BCUT2D eigenvalue weighted by molar-refractivity contribution is -0.133. The van der Waals surface area contributed by atoms with Gasteiger partial charge in [0.2, 0.25) is 5.91 Å². The molecule has 4 heteroatoms. The third-order valence-electron chi connectivity index (χ3n) is 3.76. The summed E-state index contributed by atoms with van der Waals surface area (Å²) in [5.41, 5.74) is 0.996. The molecule has 1 fully saturated rings. The first-order chi connectivity index (χ1) is 9.69. The largest absolute Gasteiger partial charge is 0.340 e. The van der Waals surface area contributed by atoms with Crippen molar-refractivity contribution in [3.8, 4) is 0 Å². The number of rotatable bonds is 5. The number of halogens is 1. The maximum Gasteiger partial charge on any atom is 0.222 e. The lowest BCUT2D eigenvalue weighted by atomic mass is 10.2. The zero-order chi connectivity index (χ0) is 14.4. The lowest BCUT2D eigenvalue weighted by Crippen LogP contribution is -2.48. The van der Waals surface area contributed by atoms with E-state index in [9.17, 15) is 9.18 Å². The van der Waals surface area contributed by atoms with Crippen molar-refractivity contribution in [1.82, 2.24) is 9.80 Å². The van der Waals surface area contributed by atoms with Gasteiger partial charge in [-0.15, -0.1) is 0 Å². The SMILES string of the molecule is CCCCC(=O)N1CCN(Cc2cccc(F)c2)CC1. The summed E-state index contributed by atoms with van der Waals surface area (Å²) in [4.78, 5) is 16.2. The minimum Gasteiger partial charge on any atom is -0.340 e. The summed E-state index contributed by atoms with van der Waals surface area (Å²) in [6.45, 7) is 6.18. The number of nitrogens with zero attached hydrogens (tertiary/aromatic N) is 2. The van der Waals surface area contributed by atoms with E-state index in [1.54, 1.807) is 12.1 Å². The monoisotopic (exact) mass is 278 g/mol. The third kappa shape index (κ3) is 4.30. The molecular formula is C16H23FN2O. The summed E-state index contributed by atoms with van der Waals surface area (Å²) in [6.07, 6.45) is 2.70. The van der Waals surface area contributed by atoms with Crippen molar-refractivity contribution < 1.29 is 9.18 Å². The van der Waals surface area contributed by atoms with E-state index >= 15 is 0 Å². The molecule has 1 amide bonds. The Hall–Kier alpha value is -1.42. The number of amides is 1. The number of benzene rings is 1. The van der Waals surface area contributed by atoms with Gasteiger partial charge >= 0.3 is 0 Å². The van der Waals surface area contributed by atoms with Crippen molar-refractivity contribution in [2.24, 2.45) is 0 Å². The van der Waals surface area contributed by atoms with Gasteiger partial charge in [-0.25, -0.2) is 4.39 Å². The van der Waals surface area contributed by atoms with Gasteiger partial charge in [-0.3, -0.25) is 9.69 Å². The van der Waals surface area contributed by atoms with E-state index in [4.69, 9.17) is 0 Å². The summed E-state index contributed by atoms with van der Waals surface area (Å²) in [6, 6.07) is 6.74. The Labute approximate surface area is 120 Å². The molecule has 0 aliphatic carbocycles. The molecule has 1 heterocycles. The first kappa shape index (κ1) is 15.0. The van der Waals surface area contributed by atoms with Gasteiger partial charge < -0.3 is 4.90 Å². The van der Waals surface area contributed by atoms with Crippen molar-refractivity contribution in [2.75, 3.05) is 26.2 Å². The zero-order valence-electron chi connectivity index (χ0n) is 12.1. The average Bonchev–Trinajstić information content (AvgIpc) is 2.45. The molecule has 1 aromatic carbocycles. The van der Waals surface area contributed by atoms with Crippen LogP contribution in [0.5, 0.6) is 0 Å². The van der Waals surface area contributed by atoms with Crippen LogP contribution >= 0.6 is 0 Å². The minimum atomic E-state index is -0.184. The highest BCUT2D eigenvalue weighted by Crippen LogP contribution is 2.11. The van der Waals surface area contributed by atoms with Crippen molar-refractivity contribution in [1.29, 1.82) is 0 Å². The molecule has 0 atom stereocenters. The highest BCUT2D eigenvalue weighted by Gasteiger charge is 2.20. The minimum absolute atomic E-state index is 0.184. The number of hydrogen-bond donors (Lipinski definition) is 0. The third-order valence-corrected chi connectivity index (χ3v) is 3.76. The van der Waals surface area contributed by atoms with E-state index in [1.807, 2.05) is 11.0 Å². The smallest absolute Gasteiger partial charge is 0.222 e. The molecule has 110 valence electrons. The fraction of sp³-hybridized carbons (Fsp3) is 0.562. The van der Waals surface area contributed by atoms with Crippen LogP contribution in [0.15, 0.2) is 24.3 Å². The second-order valence-electron chi connectivity index (χ2n) is 5.39. The van der Waals surface area contributed by atoms with E-state index in [-0.39, 0.29) is 11.7 Å². The van der Waals surface area contributed by atoms with E-state index in [2.05, 4.69) is 11.8 Å². The second-order valence-corrected chi connectivity index (χ2v) is 5.39. The van der Waals surface area contributed by atoms with Gasteiger partial charge in [0, 0.05) is 39.1 Å². The van der Waals surface area contributed by atoms with Gasteiger partial charge in [-0.1, -0.05) is 25.5 Å². The van der Waals surface area contributed by atoms with Crippen molar-refractivity contribution in [3.05, 3.63) is 35.6 Å². The predicted molar refractivity (Wildman–Crippen MR) is 77.8 cm³/mol. The van der Waals surface area contributed by atoms with Gasteiger partial charge in [0.05, 0.1) is 0 Å². The Balaban J connectivity index is 1.78. The molecular weight excluding hydrogens is 255 g/mol. The summed E-state index contributed by atoms with van der Waals surface area (Å²) >= 11 is 0. The van der Waals surface area contributed by atoms with E-state index < -0.39 is 0 Å². The molecule has 0 saturated carbocycles. The summed E-state index contributed by atoms with van der Waals surface area (Å²) in [5, 5.41) is 0. The first-order valence-corrected chi connectivity index (χ1v) is 7.43. The summed E-state index contributed by atoms with van der Waals surface area (Å²) in [5.74, 6) is 0.0909. The molecule has 2 rings (SSSR count). The first-order valence-electron chi connectivity index (χ1n) is 7.43. The Morgan fingerprint density at radius 2 is 2.00 bits per heavy atom. The normalized spacial score (nSPS) is 16.4. The number of carbonyl (C=O) groups excluding carboxylic acids is 1. The fourth-order valence-electron chi connectivity index (χ4n) is 2.54.